The molecule has 1 rings (SSSR count). The Labute approximate surface area is 133 Å². The number of urea groups is 1. The van der Waals surface area contributed by atoms with E-state index in [0.29, 0.717) is 5.02 Å². The highest BCUT2D eigenvalue weighted by molar-refractivity contribution is 6.31. The number of carbonyl (C=O) groups excluding carboxylic acids is 3. The summed E-state index contributed by atoms with van der Waals surface area (Å²) in [6.45, 7) is 3.09. The first-order chi connectivity index (χ1) is 10.3. The molecule has 0 aliphatic carbocycles. The standard InChI is InChI=1S/C14H18ClN3O4/c1-3-8(2)17-14(21)18-12(19)7-22-13(20)10-6-9(15)4-5-11(10)16/h4-6,8H,3,7,16H2,1-2H3,(H2,17,18,19,21)/t8-/m1/s1. The van der Waals surface area contributed by atoms with Crippen molar-refractivity contribution < 1.29 is 19.1 Å². The number of nitrogens with one attached hydrogen (secondary N) is 2. The lowest BCUT2D eigenvalue weighted by Gasteiger charge is -2.12. The van der Waals surface area contributed by atoms with E-state index in [1.165, 1.54) is 18.2 Å². The van der Waals surface area contributed by atoms with Gasteiger partial charge in [0.1, 0.15) is 0 Å². The number of hydrogen-bond acceptors (Lipinski definition) is 5. The molecule has 0 bridgehead atoms. The summed E-state index contributed by atoms with van der Waals surface area (Å²) in [4.78, 5) is 34.7. The third-order valence-electron chi connectivity index (χ3n) is 2.81. The number of nitrogens with two attached hydrogens (primary N) is 1. The Morgan fingerprint density at radius 1 is 1.36 bits per heavy atom. The molecule has 22 heavy (non-hydrogen) atoms. The van der Waals surface area contributed by atoms with Crippen LogP contribution in [-0.4, -0.2) is 30.6 Å². The highest BCUT2D eigenvalue weighted by Gasteiger charge is 2.15. The minimum Gasteiger partial charge on any atom is -0.452 e. The maximum absolute atomic E-state index is 11.8. The van der Waals surface area contributed by atoms with Crippen LogP contribution < -0.4 is 16.4 Å². The second kappa shape index (κ2) is 8.23. The molecule has 0 radical (unpaired) electrons. The third kappa shape index (κ3) is 5.61. The van der Waals surface area contributed by atoms with Gasteiger partial charge >= 0.3 is 12.0 Å². The molecule has 8 heteroatoms. The van der Waals surface area contributed by atoms with Gasteiger partial charge in [0.2, 0.25) is 0 Å². The van der Waals surface area contributed by atoms with Gasteiger partial charge in [-0.15, -0.1) is 0 Å². The molecule has 0 aliphatic rings. The molecule has 0 aromatic heterocycles. The number of hydrogen-bond donors (Lipinski definition) is 3. The Morgan fingerprint density at radius 2 is 2.05 bits per heavy atom. The van der Waals surface area contributed by atoms with Gasteiger partial charge in [0.15, 0.2) is 6.61 Å². The topological polar surface area (TPSA) is 111 Å². The van der Waals surface area contributed by atoms with E-state index in [1.54, 1.807) is 6.92 Å². The Hall–Kier alpha value is -2.28. The minimum absolute atomic E-state index is 0.0596. The lowest BCUT2D eigenvalue weighted by molar-refractivity contribution is -0.123. The maximum atomic E-state index is 11.8. The molecular weight excluding hydrogens is 310 g/mol. The fourth-order valence-corrected chi connectivity index (χ4v) is 1.61. The molecule has 1 atom stereocenters. The molecule has 1 aromatic carbocycles. The van der Waals surface area contributed by atoms with E-state index >= 15 is 0 Å². The van der Waals surface area contributed by atoms with E-state index in [4.69, 9.17) is 22.1 Å². The quantitative estimate of drug-likeness (QED) is 0.563. The average molecular weight is 328 g/mol. The van der Waals surface area contributed by atoms with Crippen molar-refractivity contribution in [2.24, 2.45) is 0 Å². The van der Waals surface area contributed by atoms with Gasteiger partial charge in [-0.3, -0.25) is 10.1 Å². The summed E-state index contributed by atoms with van der Waals surface area (Å²) >= 11 is 5.76. The summed E-state index contributed by atoms with van der Waals surface area (Å²) in [5.74, 6) is -1.53. The van der Waals surface area contributed by atoms with E-state index in [-0.39, 0.29) is 17.3 Å². The van der Waals surface area contributed by atoms with Crippen LogP contribution in [0, 0.1) is 0 Å². The number of nitrogen functional groups attached to an aromatic ring is 1. The number of imide groups is 1. The molecule has 0 saturated carbocycles. The number of carbonyl (C=O) groups is 3. The molecule has 0 spiro atoms. The smallest absolute Gasteiger partial charge is 0.340 e. The Bertz CT molecular complexity index is 577. The van der Waals surface area contributed by atoms with Crippen molar-refractivity contribution in [2.75, 3.05) is 12.3 Å². The molecule has 4 N–H and O–H groups in total. The monoisotopic (exact) mass is 327 g/mol. The summed E-state index contributed by atoms with van der Waals surface area (Å²) in [6.07, 6.45) is 0.727. The van der Waals surface area contributed by atoms with Crippen LogP contribution in [0.4, 0.5) is 10.5 Å². The van der Waals surface area contributed by atoms with Gasteiger partial charge in [-0.25, -0.2) is 9.59 Å². The molecule has 0 saturated heterocycles. The zero-order valence-electron chi connectivity index (χ0n) is 12.3. The highest BCUT2D eigenvalue weighted by atomic mass is 35.5. The molecule has 3 amide bonds. The van der Waals surface area contributed by atoms with Crippen molar-refractivity contribution in [1.82, 2.24) is 10.6 Å². The zero-order chi connectivity index (χ0) is 16.7. The van der Waals surface area contributed by atoms with Crippen LogP contribution in [0.3, 0.4) is 0 Å². The number of benzene rings is 1. The predicted molar refractivity (Wildman–Crippen MR) is 82.6 cm³/mol. The van der Waals surface area contributed by atoms with E-state index in [2.05, 4.69) is 10.6 Å². The molecule has 0 fully saturated rings. The van der Waals surface area contributed by atoms with Crippen molar-refractivity contribution in [3.05, 3.63) is 28.8 Å². The van der Waals surface area contributed by atoms with Crippen LogP contribution in [0.25, 0.3) is 0 Å². The molecule has 120 valence electrons. The minimum atomic E-state index is -0.794. The fraction of sp³-hybridized carbons (Fsp3) is 0.357. The Morgan fingerprint density at radius 3 is 2.68 bits per heavy atom. The number of ether oxygens (including phenoxy) is 1. The van der Waals surface area contributed by atoms with Gasteiger partial charge in [-0.05, 0) is 31.5 Å². The Balaban J connectivity index is 2.48. The largest absolute Gasteiger partial charge is 0.452 e. The van der Waals surface area contributed by atoms with Crippen LogP contribution in [0.5, 0.6) is 0 Å². The van der Waals surface area contributed by atoms with E-state index in [9.17, 15) is 14.4 Å². The molecule has 0 aliphatic heterocycles. The highest BCUT2D eigenvalue weighted by Crippen LogP contribution is 2.18. The van der Waals surface area contributed by atoms with Crippen LogP contribution >= 0.6 is 11.6 Å². The maximum Gasteiger partial charge on any atom is 0.340 e. The van der Waals surface area contributed by atoms with Gasteiger partial charge in [0.25, 0.3) is 5.91 Å². The van der Waals surface area contributed by atoms with Gasteiger partial charge < -0.3 is 15.8 Å². The molecule has 0 heterocycles. The second-order valence-corrected chi connectivity index (χ2v) is 5.08. The first kappa shape index (κ1) is 17.8. The third-order valence-corrected chi connectivity index (χ3v) is 3.05. The van der Waals surface area contributed by atoms with Crippen molar-refractivity contribution >= 4 is 35.2 Å². The zero-order valence-corrected chi connectivity index (χ0v) is 13.1. The predicted octanol–water partition coefficient (Wildman–Crippen LogP) is 1.70. The summed E-state index contributed by atoms with van der Waals surface area (Å²) in [6, 6.07) is 3.62. The first-order valence-electron chi connectivity index (χ1n) is 6.66. The van der Waals surface area contributed by atoms with Crippen molar-refractivity contribution in [3.63, 3.8) is 0 Å². The molecule has 0 unspecified atom stereocenters. The number of esters is 1. The summed E-state index contributed by atoms with van der Waals surface area (Å²) < 4.78 is 4.79. The van der Waals surface area contributed by atoms with Gasteiger partial charge in [-0.2, -0.15) is 0 Å². The normalized spacial score (nSPS) is 11.4. The summed E-state index contributed by atoms with van der Waals surface area (Å²) in [5.41, 5.74) is 5.87. The van der Waals surface area contributed by atoms with E-state index in [0.717, 1.165) is 6.42 Å². The molecule has 7 nitrogen and oxygen atoms in total. The van der Waals surface area contributed by atoms with Crippen molar-refractivity contribution in [1.29, 1.82) is 0 Å². The second-order valence-electron chi connectivity index (χ2n) is 4.64. The summed E-state index contributed by atoms with van der Waals surface area (Å²) in [5, 5.41) is 4.92. The fourth-order valence-electron chi connectivity index (χ4n) is 1.44. The molecular formula is C14H18ClN3O4. The number of halogens is 1. The number of anilines is 1. The lowest BCUT2D eigenvalue weighted by Crippen LogP contribution is -2.44. The Kier molecular flexibility index (Phi) is 6.65. The van der Waals surface area contributed by atoms with Gasteiger partial charge in [0, 0.05) is 16.8 Å². The van der Waals surface area contributed by atoms with Crippen LogP contribution in [0.15, 0.2) is 18.2 Å². The van der Waals surface area contributed by atoms with Crippen LogP contribution in [-0.2, 0) is 9.53 Å². The van der Waals surface area contributed by atoms with Crippen LogP contribution in [0.1, 0.15) is 30.6 Å². The van der Waals surface area contributed by atoms with Gasteiger partial charge in [0.05, 0.1) is 5.56 Å². The van der Waals surface area contributed by atoms with Crippen LogP contribution in [0.2, 0.25) is 5.02 Å². The molecule has 1 aromatic rings. The first-order valence-corrected chi connectivity index (χ1v) is 7.03. The SMILES string of the molecule is CC[C@@H](C)NC(=O)NC(=O)COC(=O)c1cc(Cl)ccc1N. The van der Waals surface area contributed by atoms with Crippen molar-refractivity contribution in [2.45, 2.75) is 26.3 Å². The number of amides is 3. The van der Waals surface area contributed by atoms with Gasteiger partial charge in [-0.1, -0.05) is 18.5 Å². The van der Waals surface area contributed by atoms with E-state index in [1.807, 2.05) is 6.92 Å². The van der Waals surface area contributed by atoms with E-state index < -0.39 is 24.5 Å². The van der Waals surface area contributed by atoms with Crippen molar-refractivity contribution in [3.8, 4) is 0 Å². The number of rotatable bonds is 5. The average Bonchev–Trinajstić information content (AvgIpc) is 2.46. The lowest BCUT2D eigenvalue weighted by atomic mass is 10.2. The summed E-state index contributed by atoms with van der Waals surface area (Å²) in [7, 11) is 0.